The van der Waals surface area contributed by atoms with Crippen molar-refractivity contribution in [2.45, 2.75) is 40.0 Å². The number of carbonyl (C=O) groups is 1. The summed E-state index contributed by atoms with van der Waals surface area (Å²) >= 11 is 0. The lowest BCUT2D eigenvalue weighted by molar-refractivity contribution is -0.118. The van der Waals surface area contributed by atoms with Gasteiger partial charge in [0.25, 0.3) is 0 Å². The smallest absolute Gasteiger partial charge is 0.138 e. The number of Topliss-reactive ketones (excluding diaryl/α,β-unsaturated/α-hetero) is 1. The fourth-order valence-electron chi connectivity index (χ4n) is 2.05. The van der Waals surface area contributed by atoms with Gasteiger partial charge in [0.15, 0.2) is 0 Å². The molecule has 0 aliphatic heterocycles. The monoisotopic (exact) mass is 264 g/mol. The number of ether oxygens (including phenoxy) is 1. The number of ketones is 1. The molecule has 1 aromatic rings. The van der Waals surface area contributed by atoms with E-state index in [1.54, 1.807) is 13.3 Å². The maximum Gasteiger partial charge on any atom is 0.138 e. The third-order valence-corrected chi connectivity index (χ3v) is 3.43. The van der Waals surface area contributed by atoms with Gasteiger partial charge in [0.05, 0.1) is 12.8 Å². The van der Waals surface area contributed by atoms with Crippen molar-refractivity contribution in [1.82, 2.24) is 4.98 Å². The summed E-state index contributed by atoms with van der Waals surface area (Å²) in [6.07, 6.45) is 3.55. The highest BCUT2D eigenvalue weighted by Crippen LogP contribution is 2.24. The first kappa shape index (κ1) is 15.6. The fourth-order valence-corrected chi connectivity index (χ4v) is 2.05. The van der Waals surface area contributed by atoms with Crippen molar-refractivity contribution in [3.8, 4) is 5.75 Å². The van der Waals surface area contributed by atoms with E-state index < -0.39 is 0 Å². The highest BCUT2D eigenvalue weighted by molar-refractivity contribution is 5.80. The Kier molecular flexibility index (Phi) is 5.96. The summed E-state index contributed by atoms with van der Waals surface area (Å²) < 4.78 is 5.35. The van der Waals surface area contributed by atoms with E-state index in [4.69, 9.17) is 10.5 Å². The van der Waals surface area contributed by atoms with Crippen LogP contribution in [0.4, 0.5) is 0 Å². The topological polar surface area (TPSA) is 65.2 Å². The molecule has 0 fully saturated rings. The van der Waals surface area contributed by atoms with Crippen molar-refractivity contribution in [1.29, 1.82) is 0 Å². The van der Waals surface area contributed by atoms with Crippen LogP contribution in [0.15, 0.2) is 6.20 Å². The number of aryl methyl sites for hydroxylation is 1. The molecule has 1 unspecified atom stereocenters. The number of aromatic nitrogens is 1. The van der Waals surface area contributed by atoms with E-state index in [1.165, 1.54) is 0 Å². The quantitative estimate of drug-likeness (QED) is 0.820. The lowest BCUT2D eigenvalue weighted by atomic mass is 10.00. The van der Waals surface area contributed by atoms with Gasteiger partial charge < -0.3 is 10.5 Å². The second-order valence-corrected chi connectivity index (χ2v) is 5.14. The molecule has 106 valence electrons. The first-order chi connectivity index (χ1) is 8.99. The number of nitrogens with zero attached hydrogens (tertiary/aromatic N) is 1. The number of nitrogens with two attached hydrogens (primary N) is 1. The molecule has 19 heavy (non-hydrogen) atoms. The third-order valence-electron chi connectivity index (χ3n) is 3.43. The SMILES string of the molecule is COc1c(C)cnc(CC(=O)CCC(C)CN)c1C. The van der Waals surface area contributed by atoms with Crippen LogP contribution in [0, 0.1) is 19.8 Å². The number of pyridine rings is 1. The summed E-state index contributed by atoms with van der Waals surface area (Å²) in [5.41, 5.74) is 8.32. The van der Waals surface area contributed by atoms with Crippen LogP contribution >= 0.6 is 0 Å². The Bertz CT molecular complexity index is 444. The number of rotatable bonds is 7. The number of hydrogen-bond donors (Lipinski definition) is 1. The second-order valence-electron chi connectivity index (χ2n) is 5.14. The van der Waals surface area contributed by atoms with Crippen LogP contribution in [0.3, 0.4) is 0 Å². The number of carbonyl (C=O) groups excluding carboxylic acids is 1. The van der Waals surface area contributed by atoms with Gasteiger partial charge in [0.2, 0.25) is 0 Å². The molecule has 1 atom stereocenters. The van der Waals surface area contributed by atoms with Gasteiger partial charge in [-0.3, -0.25) is 9.78 Å². The average molecular weight is 264 g/mol. The molecule has 1 heterocycles. The maximum atomic E-state index is 11.9. The van der Waals surface area contributed by atoms with Gasteiger partial charge in [-0.2, -0.15) is 0 Å². The van der Waals surface area contributed by atoms with Crippen LogP contribution < -0.4 is 10.5 Å². The molecule has 0 aromatic carbocycles. The molecule has 0 saturated carbocycles. The van der Waals surface area contributed by atoms with E-state index >= 15 is 0 Å². The third kappa shape index (κ3) is 4.31. The van der Waals surface area contributed by atoms with E-state index in [0.29, 0.717) is 25.3 Å². The molecular formula is C15H24N2O2. The zero-order valence-electron chi connectivity index (χ0n) is 12.3. The minimum atomic E-state index is 0.210. The van der Waals surface area contributed by atoms with Crippen molar-refractivity contribution in [3.05, 3.63) is 23.0 Å². The Morgan fingerprint density at radius 3 is 2.74 bits per heavy atom. The predicted molar refractivity (Wildman–Crippen MR) is 76.4 cm³/mol. The van der Waals surface area contributed by atoms with Crippen LogP contribution in [0.5, 0.6) is 5.75 Å². The van der Waals surface area contributed by atoms with Crippen molar-refractivity contribution in [2.24, 2.45) is 11.7 Å². The molecule has 4 heteroatoms. The summed E-state index contributed by atoms with van der Waals surface area (Å²) in [6, 6.07) is 0. The largest absolute Gasteiger partial charge is 0.496 e. The van der Waals surface area contributed by atoms with Crippen LogP contribution in [0.25, 0.3) is 0 Å². The average Bonchev–Trinajstić information content (AvgIpc) is 2.40. The predicted octanol–water partition coefficient (Wildman–Crippen LogP) is 2.19. The highest BCUT2D eigenvalue weighted by atomic mass is 16.5. The minimum Gasteiger partial charge on any atom is -0.496 e. The number of methoxy groups -OCH3 is 1. The van der Waals surface area contributed by atoms with Gasteiger partial charge in [-0.15, -0.1) is 0 Å². The molecule has 1 rings (SSSR count). The van der Waals surface area contributed by atoms with E-state index in [2.05, 4.69) is 11.9 Å². The molecule has 0 aliphatic rings. The van der Waals surface area contributed by atoms with E-state index in [9.17, 15) is 4.79 Å². The van der Waals surface area contributed by atoms with Gasteiger partial charge in [-0.05, 0) is 32.7 Å². The van der Waals surface area contributed by atoms with Crippen LogP contribution in [-0.4, -0.2) is 24.4 Å². The standard InChI is InChI=1S/C15H24N2O2/c1-10(8-16)5-6-13(18)7-14-12(3)15(19-4)11(2)9-17-14/h9-10H,5-8,16H2,1-4H3. The number of hydrogen-bond acceptors (Lipinski definition) is 4. The summed E-state index contributed by atoms with van der Waals surface area (Å²) in [7, 11) is 1.64. The Morgan fingerprint density at radius 2 is 2.16 bits per heavy atom. The normalized spacial score (nSPS) is 12.3. The Morgan fingerprint density at radius 1 is 1.47 bits per heavy atom. The van der Waals surface area contributed by atoms with Crippen molar-refractivity contribution < 1.29 is 9.53 Å². The summed E-state index contributed by atoms with van der Waals surface area (Å²) in [6.45, 7) is 6.59. The van der Waals surface area contributed by atoms with Crippen LogP contribution in [-0.2, 0) is 11.2 Å². The molecule has 2 N–H and O–H groups in total. The molecule has 0 bridgehead atoms. The molecule has 1 aromatic heterocycles. The lowest BCUT2D eigenvalue weighted by Crippen LogP contribution is -2.14. The molecule has 0 amide bonds. The van der Waals surface area contributed by atoms with Crippen molar-refractivity contribution >= 4 is 5.78 Å². The Labute approximate surface area is 115 Å². The van der Waals surface area contributed by atoms with Gasteiger partial charge in [-0.1, -0.05) is 6.92 Å². The van der Waals surface area contributed by atoms with Crippen molar-refractivity contribution in [3.63, 3.8) is 0 Å². The summed E-state index contributed by atoms with van der Waals surface area (Å²) in [5, 5.41) is 0. The molecular weight excluding hydrogens is 240 g/mol. The van der Waals surface area contributed by atoms with Crippen molar-refractivity contribution in [2.75, 3.05) is 13.7 Å². The van der Waals surface area contributed by atoms with Gasteiger partial charge in [0, 0.05) is 30.2 Å². The molecule has 4 nitrogen and oxygen atoms in total. The van der Waals surface area contributed by atoms with E-state index in [0.717, 1.165) is 29.0 Å². The minimum absolute atomic E-state index is 0.210. The van der Waals surface area contributed by atoms with E-state index in [1.807, 2.05) is 13.8 Å². The first-order valence-corrected chi connectivity index (χ1v) is 6.70. The molecule has 0 radical (unpaired) electrons. The van der Waals surface area contributed by atoms with Gasteiger partial charge >= 0.3 is 0 Å². The van der Waals surface area contributed by atoms with Gasteiger partial charge in [0.1, 0.15) is 11.5 Å². The van der Waals surface area contributed by atoms with Gasteiger partial charge in [-0.25, -0.2) is 0 Å². The highest BCUT2D eigenvalue weighted by Gasteiger charge is 2.13. The molecule has 0 aliphatic carbocycles. The zero-order valence-corrected chi connectivity index (χ0v) is 12.3. The maximum absolute atomic E-state index is 11.9. The first-order valence-electron chi connectivity index (χ1n) is 6.70. The fraction of sp³-hybridized carbons (Fsp3) is 0.600. The molecule has 0 saturated heterocycles. The summed E-state index contributed by atoms with van der Waals surface area (Å²) in [4.78, 5) is 16.3. The van der Waals surface area contributed by atoms with Crippen LogP contribution in [0.1, 0.15) is 36.6 Å². The van der Waals surface area contributed by atoms with E-state index in [-0.39, 0.29) is 5.78 Å². The zero-order chi connectivity index (χ0) is 14.4. The lowest BCUT2D eigenvalue weighted by Gasteiger charge is -2.12. The Hall–Kier alpha value is -1.42. The second kappa shape index (κ2) is 7.24. The Balaban J connectivity index is 2.69. The van der Waals surface area contributed by atoms with Crippen LogP contribution in [0.2, 0.25) is 0 Å². The molecule has 0 spiro atoms. The summed E-state index contributed by atoms with van der Waals surface area (Å²) in [5.74, 6) is 1.43.